The first-order valence-electron chi connectivity index (χ1n) is 29.6. The number of H-pyrrole nitrogens is 2. The maximum absolute atomic E-state index is 14.2. The van der Waals surface area contributed by atoms with Crippen molar-refractivity contribution in [2.45, 2.75) is 147 Å². The highest BCUT2D eigenvalue weighted by molar-refractivity contribution is 7.98. The molecule has 12 atom stereocenters. The van der Waals surface area contributed by atoms with E-state index in [4.69, 9.17) is 21.1 Å². The summed E-state index contributed by atoms with van der Waals surface area (Å²) in [6.07, 6.45) is 9.06. The number of halogens is 2. The van der Waals surface area contributed by atoms with Gasteiger partial charge >= 0.3 is 0 Å². The Hall–Kier alpha value is -4.99. The van der Waals surface area contributed by atoms with Gasteiger partial charge in [-0.05, 0) is 163 Å². The number of carbonyl (C=O) groups excluding carboxylic acids is 2. The summed E-state index contributed by atoms with van der Waals surface area (Å²) in [5.74, 6) is 0.420. The number of carbonyl (C=O) groups is 2. The molecule has 0 spiro atoms. The topological polar surface area (TPSA) is 242 Å². The fraction of sp³-hybridized carbons (Fsp3) is 0.571. The summed E-state index contributed by atoms with van der Waals surface area (Å²) in [5, 5.41) is 43.8. The summed E-state index contributed by atoms with van der Waals surface area (Å²) < 4.78 is 43.9. The fourth-order valence-corrected chi connectivity index (χ4v) is 16.0. The number of aromatic nitrogens is 4. The Kier molecular flexibility index (Phi) is 21.6. The lowest BCUT2D eigenvalue weighted by molar-refractivity contribution is -0.207. The number of fused-ring (bicyclic) bond motifs is 5. The van der Waals surface area contributed by atoms with E-state index in [0.29, 0.717) is 59.0 Å². The molecular formula is C63H85ClFN7O9S2. The predicted molar refractivity (Wildman–Crippen MR) is 323 cm³/mol. The smallest absolute Gasteiger partial charge is 0.266 e. The van der Waals surface area contributed by atoms with E-state index in [0.717, 1.165) is 86.0 Å². The van der Waals surface area contributed by atoms with Crippen molar-refractivity contribution in [2.24, 2.45) is 46.3 Å². The van der Waals surface area contributed by atoms with Crippen molar-refractivity contribution in [3.05, 3.63) is 134 Å². The minimum atomic E-state index is -4.10. The van der Waals surface area contributed by atoms with Crippen molar-refractivity contribution in [3.8, 4) is 11.1 Å². The van der Waals surface area contributed by atoms with Crippen LogP contribution in [-0.2, 0) is 38.4 Å². The summed E-state index contributed by atoms with van der Waals surface area (Å²) in [6.45, 7) is 16.1. The lowest BCUT2D eigenvalue weighted by Crippen LogP contribution is -2.62. The number of hydrogen-bond acceptors (Lipinski definition) is 12. The predicted octanol–water partition coefficient (Wildman–Crippen LogP) is 9.68. The van der Waals surface area contributed by atoms with Crippen LogP contribution in [-0.4, -0.2) is 127 Å². The quantitative estimate of drug-likeness (QED) is 0.0194. The van der Waals surface area contributed by atoms with Gasteiger partial charge in [0.1, 0.15) is 5.82 Å². The zero-order chi connectivity index (χ0) is 59.8. The largest absolute Gasteiger partial charge is 0.393 e. The van der Waals surface area contributed by atoms with Crippen LogP contribution in [0.3, 0.4) is 0 Å². The van der Waals surface area contributed by atoms with E-state index >= 15 is 0 Å². The van der Waals surface area contributed by atoms with Crippen LogP contribution in [0.4, 0.5) is 4.39 Å². The fourth-order valence-electron chi connectivity index (χ4n) is 14.7. The molecular weight excluding hydrogens is 1120 g/mol. The van der Waals surface area contributed by atoms with E-state index in [2.05, 4.69) is 72.1 Å². The van der Waals surface area contributed by atoms with E-state index in [1.165, 1.54) is 23.9 Å². The number of aliphatic hydroxyl groups is 3. The van der Waals surface area contributed by atoms with Crippen LogP contribution in [0.15, 0.2) is 95.1 Å². The number of hydrogen-bond donors (Lipinski definition) is 7. The molecule has 4 aliphatic carbocycles. The normalized spacial score (nSPS) is 26.4. The Labute approximate surface area is 498 Å². The zero-order valence-electron chi connectivity index (χ0n) is 48.8. The first kappa shape index (κ1) is 64.0. The molecule has 0 bridgehead atoms. The number of aliphatic hydroxyl groups excluding tert-OH is 3. The zero-order valence-corrected chi connectivity index (χ0v) is 51.2. The molecule has 4 fully saturated rings. The Morgan fingerprint density at radius 1 is 0.904 bits per heavy atom. The van der Waals surface area contributed by atoms with Crippen LogP contribution < -0.4 is 10.9 Å². The Balaban J connectivity index is 0.000000228. The van der Waals surface area contributed by atoms with Gasteiger partial charge in [0.15, 0.2) is 5.16 Å². The molecule has 4 aliphatic rings. The Morgan fingerprint density at radius 2 is 1.58 bits per heavy atom. The maximum Gasteiger partial charge on any atom is 0.266 e. The molecule has 16 nitrogen and oxygen atoms in total. The number of rotatable bonds is 22. The van der Waals surface area contributed by atoms with Gasteiger partial charge in [-0.1, -0.05) is 113 Å². The number of benzene rings is 3. The summed E-state index contributed by atoms with van der Waals surface area (Å²) in [5.41, 5.74) is 5.16. The van der Waals surface area contributed by atoms with Gasteiger partial charge in [0, 0.05) is 61.1 Å². The van der Waals surface area contributed by atoms with Crippen molar-refractivity contribution in [2.75, 3.05) is 38.5 Å². The third-order valence-corrected chi connectivity index (χ3v) is 21.5. The third kappa shape index (κ3) is 15.5. The molecule has 2 amide bonds. The van der Waals surface area contributed by atoms with Gasteiger partial charge in [-0.15, -0.1) is 0 Å². The number of nitrogens with zero attached hydrogens (tertiary/aromatic N) is 4. The minimum absolute atomic E-state index is 0.0351. The van der Waals surface area contributed by atoms with Crippen LogP contribution in [0.5, 0.6) is 0 Å². The molecule has 0 aliphatic heterocycles. The molecule has 5 unspecified atom stereocenters. The molecule has 83 heavy (non-hydrogen) atoms. The maximum atomic E-state index is 14.2. The second-order valence-corrected chi connectivity index (χ2v) is 27.3. The monoisotopic (exact) mass is 1200 g/mol. The Morgan fingerprint density at radius 3 is 2.23 bits per heavy atom. The summed E-state index contributed by atoms with van der Waals surface area (Å²) in [6, 6.07) is 22.1. The van der Waals surface area contributed by atoms with Crippen LogP contribution in [0.2, 0.25) is 5.02 Å². The molecule has 3 aromatic carbocycles. The third-order valence-electron chi connectivity index (χ3n) is 19.5. The van der Waals surface area contributed by atoms with E-state index in [1.807, 2.05) is 48.2 Å². The van der Waals surface area contributed by atoms with Gasteiger partial charge in [-0.2, -0.15) is 13.5 Å². The Bertz CT molecular complexity index is 3120. The second-order valence-electron chi connectivity index (χ2n) is 24.3. The SMILES string of the molecule is CCN(CC)CCN(Cc1ccc(-c2ccc(Cl)cc2)cc1)C(=O)Cc1nc(SCc2ccc(F)cc2)[nH]c(=O)c1C(C)c1cn[nH]c1.C[C@H](CCC(=O)NCCS(=O)(=O)O)[C@H]1CCC2C3C(C[C@H](O)[C@@]21C)[C@@]1(C)CC[C@@H](O)CC1C[C@H]3O. The van der Waals surface area contributed by atoms with Crippen molar-refractivity contribution in [3.63, 3.8) is 0 Å². The first-order chi connectivity index (χ1) is 39.5. The second kappa shape index (κ2) is 28.0. The van der Waals surface area contributed by atoms with E-state index in [1.54, 1.807) is 24.5 Å². The van der Waals surface area contributed by atoms with Gasteiger partial charge in [0.2, 0.25) is 11.8 Å². The van der Waals surface area contributed by atoms with Crippen LogP contribution >= 0.6 is 23.4 Å². The van der Waals surface area contributed by atoms with Crippen molar-refractivity contribution in [1.82, 2.24) is 35.3 Å². The molecule has 5 aromatic rings. The highest BCUT2D eigenvalue weighted by Crippen LogP contribution is 2.68. The average molecular weight is 1200 g/mol. The van der Waals surface area contributed by atoms with Crippen molar-refractivity contribution < 1.29 is 42.3 Å². The molecule has 20 heteroatoms. The number of likely N-dealkylation sites (N-methyl/N-ethyl adjacent to an activating group) is 1. The van der Waals surface area contributed by atoms with Crippen molar-refractivity contribution in [1.29, 1.82) is 0 Å². The summed E-state index contributed by atoms with van der Waals surface area (Å²) >= 11 is 7.41. The molecule has 4 saturated carbocycles. The highest BCUT2D eigenvalue weighted by Gasteiger charge is 2.65. The van der Waals surface area contributed by atoms with Gasteiger partial charge in [-0.25, -0.2) is 9.37 Å². The number of nitrogens with one attached hydrogen (secondary N) is 3. The minimum Gasteiger partial charge on any atom is -0.393 e. The lowest BCUT2D eigenvalue weighted by atomic mass is 9.43. The molecule has 0 saturated heterocycles. The molecule has 2 aromatic heterocycles. The van der Waals surface area contributed by atoms with Crippen LogP contribution in [0.1, 0.15) is 133 Å². The van der Waals surface area contributed by atoms with Crippen LogP contribution in [0, 0.1) is 52.2 Å². The average Bonchev–Trinajstić information content (AvgIpc) is 3.58. The molecule has 0 radical (unpaired) electrons. The highest BCUT2D eigenvalue weighted by atomic mass is 35.5. The molecule has 7 N–H and O–H groups in total. The number of aromatic amines is 2. The van der Waals surface area contributed by atoms with E-state index in [-0.39, 0.29) is 95.0 Å². The van der Waals surface area contributed by atoms with Crippen LogP contribution in [0.25, 0.3) is 11.1 Å². The molecule has 2 heterocycles. The van der Waals surface area contributed by atoms with Gasteiger partial charge in [0.25, 0.3) is 15.7 Å². The molecule has 452 valence electrons. The van der Waals surface area contributed by atoms with Gasteiger partial charge in [0.05, 0.1) is 42.4 Å². The van der Waals surface area contributed by atoms with Gasteiger partial charge in [-0.3, -0.25) is 24.0 Å². The van der Waals surface area contributed by atoms with Gasteiger partial charge < -0.3 is 35.4 Å². The van der Waals surface area contributed by atoms with Crippen molar-refractivity contribution >= 4 is 45.3 Å². The van der Waals surface area contributed by atoms with E-state index in [9.17, 15) is 42.5 Å². The number of amides is 2. The first-order valence-corrected chi connectivity index (χ1v) is 32.6. The molecule has 9 rings (SSSR count). The number of thioether (sulfide) groups is 1. The van der Waals surface area contributed by atoms with E-state index < -0.39 is 28.1 Å². The standard InChI is InChI=1S/C37H40ClFN6O2S.C26H45NO7S/c1-4-44(5-2)18-19-45(23-26-6-10-28(11-7-26)29-12-14-31(38)15-13-29)34(46)20-33-35(25(3)30-21-40-41-22-30)36(47)43-37(42-33)48-24-27-8-16-32(39)17-9-27;1-15(4-7-23(31)27-10-11-35(32,33)34)18-5-6-19-24-20(14-22(30)26(18,19)3)25(2)9-8-17(28)12-16(25)13-21(24)29/h6-17,21-22,25H,4-5,18-20,23-24H2,1-3H3,(H,40,41)(H,42,43,47);15-22,24,28-30H,4-14H2,1-3H3,(H,27,31)(H,32,33,34)/t;15-,16?,17-,18-,19?,20?,21-,22+,24?,25+,26-/m.1/s1. The summed E-state index contributed by atoms with van der Waals surface area (Å²) in [4.78, 5) is 51.9. The lowest BCUT2D eigenvalue weighted by Gasteiger charge is -2.63. The summed E-state index contributed by atoms with van der Waals surface area (Å²) in [7, 11) is -4.10.